The third kappa shape index (κ3) is 2.27. The lowest BCUT2D eigenvalue weighted by atomic mass is 10.2. The van der Waals surface area contributed by atoms with Crippen LogP contribution in [0, 0.1) is 13.8 Å². The van der Waals surface area contributed by atoms with E-state index in [1.54, 1.807) is 6.92 Å². The number of aromatic nitrogens is 4. The van der Waals surface area contributed by atoms with Crippen LogP contribution in [0.25, 0.3) is 10.6 Å². The van der Waals surface area contributed by atoms with E-state index >= 15 is 0 Å². The van der Waals surface area contributed by atoms with Gasteiger partial charge in [0.2, 0.25) is 5.91 Å². The van der Waals surface area contributed by atoms with Gasteiger partial charge in [-0.2, -0.15) is 0 Å². The molecule has 3 N–H and O–H groups in total. The quantitative estimate of drug-likeness (QED) is 0.858. The summed E-state index contributed by atoms with van der Waals surface area (Å²) in [6.07, 6.45) is 0. The highest BCUT2D eigenvalue weighted by Crippen LogP contribution is 2.32. The van der Waals surface area contributed by atoms with Crippen molar-refractivity contribution in [2.75, 3.05) is 0 Å². The number of carbonyl (C=O) groups is 2. The van der Waals surface area contributed by atoms with Gasteiger partial charge in [-0.1, -0.05) is 5.21 Å². The van der Waals surface area contributed by atoms with Gasteiger partial charge in [-0.05, 0) is 20.8 Å². The van der Waals surface area contributed by atoms with E-state index in [0.717, 1.165) is 5.01 Å². The molecule has 2 aromatic rings. The lowest BCUT2D eigenvalue weighted by molar-refractivity contribution is -0.120. The number of aromatic carboxylic acids is 1. The molecule has 20 heavy (non-hydrogen) atoms. The number of carbonyl (C=O) groups excluding carboxylic acids is 1. The van der Waals surface area contributed by atoms with E-state index in [4.69, 9.17) is 5.73 Å². The molecular formula is C11H13N5O3S. The lowest BCUT2D eigenvalue weighted by Crippen LogP contribution is -2.25. The lowest BCUT2D eigenvalue weighted by Gasteiger charge is -2.10. The normalized spacial score (nSPS) is 12.3. The average molecular weight is 295 g/mol. The second-order valence-electron chi connectivity index (χ2n) is 4.26. The summed E-state index contributed by atoms with van der Waals surface area (Å²) in [5, 5.41) is 17.4. The van der Waals surface area contributed by atoms with E-state index < -0.39 is 17.9 Å². The number of primary amides is 1. The minimum atomic E-state index is -1.21. The van der Waals surface area contributed by atoms with Crippen LogP contribution in [0.3, 0.4) is 0 Å². The Balaban J connectivity index is 2.71. The fraction of sp³-hybridized carbons (Fsp3) is 0.364. The molecule has 0 radical (unpaired) electrons. The Morgan fingerprint density at radius 2 is 2.05 bits per heavy atom. The van der Waals surface area contributed by atoms with Crippen molar-refractivity contribution in [2.24, 2.45) is 5.73 Å². The van der Waals surface area contributed by atoms with Gasteiger partial charge in [-0.25, -0.2) is 14.5 Å². The summed E-state index contributed by atoms with van der Waals surface area (Å²) >= 11 is 1.32. The van der Waals surface area contributed by atoms with Crippen LogP contribution in [-0.4, -0.2) is 37.0 Å². The highest BCUT2D eigenvalue weighted by Gasteiger charge is 2.27. The number of amides is 1. The molecule has 0 aliphatic rings. The molecule has 9 heteroatoms. The molecule has 0 fully saturated rings. The maximum absolute atomic E-state index is 11.3. The fourth-order valence-corrected chi connectivity index (χ4v) is 2.75. The van der Waals surface area contributed by atoms with Gasteiger partial charge < -0.3 is 10.8 Å². The molecule has 106 valence electrons. The molecule has 2 heterocycles. The van der Waals surface area contributed by atoms with E-state index in [1.165, 1.54) is 22.9 Å². The number of nitrogens with zero attached hydrogens (tertiary/aromatic N) is 4. The van der Waals surface area contributed by atoms with Gasteiger partial charge in [0.25, 0.3) is 0 Å². The second kappa shape index (κ2) is 5.00. The minimum Gasteiger partial charge on any atom is -0.476 e. The third-order valence-electron chi connectivity index (χ3n) is 2.79. The predicted octanol–water partition coefficient (Wildman–Crippen LogP) is 0.763. The topological polar surface area (TPSA) is 124 Å². The number of rotatable bonds is 4. The molecule has 0 aliphatic carbocycles. The molecule has 0 aliphatic heterocycles. The van der Waals surface area contributed by atoms with Crippen molar-refractivity contribution in [1.82, 2.24) is 20.0 Å². The van der Waals surface area contributed by atoms with Gasteiger partial charge in [0.1, 0.15) is 11.7 Å². The molecule has 1 atom stereocenters. The zero-order valence-electron chi connectivity index (χ0n) is 11.1. The number of carboxylic acid groups (broad SMARTS) is 1. The Morgan fingerprint density at radius 1 is 1.40 bits per heavy atom. The monoisotopic (exact) mass is 295 g/mol. The van der Waals surface area contributed by atoms with Gasteiger partial charge in [0, 0.05) is 0 Å². The van der Waals surface area contributed by atoms with Crippen LogP contribution < -0.4 is 5.73 Å². The Morgan fingerprint density at radius 3 is 2.50 bits per heavy atom. The minimum absolute atomic E-state index is 0.218. The van der Waals surface area contributed by atoms with Crippen LogP contribution in [0.2, 0.25) is 0 Å². The zero-order chi connectivity index (χ0) is 15.0. The van der Waals surface area contributed by atoms with Gasteiger partial charge in [0.15, 0.2) is 5.69 Å². The molecule has 0 bridgehead atoms. The van der Waals surface area contributed by atoms with E-state index in [2.05, 4.69) is 15.3 Å². The molecule has 0 saturated carbocycles. The summed E-state index contributed by atoms with van der Waals surface area (Å²) in [7, 11) is 0. The Hall–Kier alpha value is -2.29. The van der Waals surface area contributed by atoms with Crippen LogP contribution in [0.4, 0.5) is 0 Å². The summed E-state index contributed by atoms with van der Waals surface area (Å²) < 4.78 is 1.23. The van der Waals surface area contributed by atoms with Crippen molar-refractivity contribution >= 4 is 23.2 Å². The Bertz CT molecular complexity index is 690. The van der Waals surface area contributed by atoms with Crippen molar-refractivity contribution in [3.63, 3.8) is 0 Å². The summed E-state index contributed by atoms with van der Waals surface area (Å²) in [4.78, 5) is 27.5. The number of hydrogen-bond acceptors (Lipinski definition) is 6. The molecule has 2 rings (SSSR count). The molecule has 1 unspecified atom stereocenters. The van der Waals surface area contributed by atoms with Crippen molar-refractivity contribution in [2.45, 2.75) is 26.8 Å². The van der Waals surface area contributed by atoms with Crippen molar-refractivity contribution < 1.29 is 14.7 Å². The first-order valence-electron chi connectivity index (χ1n) is 5.75. The Labute approximate surface area is 118 Å². The van der Waals surface area contributed by atoms with Gasteiger partial charge >= 0.3 is 5.97 Å². The standard InChI is InChI=1S/C11H13N5O3S/c1-4-9(20-6(3)13-4)8-7(11(18)19)14-15-16(8)5(2)10(12)17/h5H,1-3H3,(H2,12,17)(H,18,19). The molecule has 1 amide bonds. The maximum atomic E-state index is 11.3. The molecule has 8 nitrogen and oxygen atoms in total. The third-order valence-corrected chi connectivity index (χ3v) is 3.87. The fourth-order valence-electron chi connectivity index (χ4n) is 1.79. The molecule has 0 aromatic carbocycles. The highest BCUT2D eigenvalue weighted by molar-refractivity contribution is 7.15. The zero-order valence-corrected chi connectivity index (χ0v) is 11.9. The van der Waals surface area contributed by atoms with E-state index in [1.807, 2.05) is 6.92 Å². The Kier molecular flexibility index (Phi) is 3.53. The van der Waals surface area contributed by atoms with Crippen LogP contribution >= 0.6 is 11.3 Å². The largest absolute Gasteiger partial charge is 0.476 e. The number of nitrogens with two attached hydrogens (primary N) is 1. The first-order chi connectivity index (χ1) is 9.32. The summed E-state index contributed by atoms with van der Waals surface area (Å²) in [6.45, 7) is 5.11. The highest BCUT2D eigenvalue weighted by atomic mass is 32.1. The van der Waals surface area contributed by atoms with E-state index in [-0.39, 0.29) is 11.4 Å². The molecular weight excluding hydrogens is 282 g/mol. The van der Waals surface area contributed by atoms with Crippen molar-refractivity contribution in [3.8, 4) is 10.6 Å². The van der Waals surface area contributed by atoms with Gasteiger partial charge in [-0.3, -0.25) is 4.79 Å². The van der Waals surface area contributed by atoms with Crippen LogP contribution in [0.15, 0.2) is 0 Å². The number of hydrogen-bond donors (Lipinski definition) is 2. The smallest absolute Gasteiger partial charge is 0.358 e. The summed E-state index contributed by atoms with van der Waals surface area (Å²) in [5.74, 6) is -1.83. The summed E-state index contributed by atoms with van der Waals surface area (Å²) in [5.41, 5.74) is 5.96. The van der Waals surface area contributed by atoms with E-state index in [9.17, 15) is 14.7 Å². The average Bonchev–Trinajstić information content (AvgIpc) is 2.90. The second-order valence-corrected chi connectivity index (χ2v) is 5.47. The van der Waals surface area contributed by atoms with Crippen molar-refractivity contribution in [1.29, 1.82) is 0 Å². The predicted molar refractivity (Wildman–Crippen MR) is 71.5 cm³/mol. The number of aryl methyl sites for hydroxylation is 2. The van der Waals surface area contributed by atoms with Crippen LogP contribution in [-0.2, 0) is 4.79 Å². The number of carboxylic acids is 1. The first kappa shape index (κ1) is 14.1. The van der Waals surface area contributed by atoms with Crippen LogP contribution in [0.5, 0.6) is 0 Å². The number of thiazole rings is 1. The van der Waals surface area contributed by atoms with Gasteiger partial charge in [-0.15, -0.1) is 16.4 Å². The SMILES string of the molecule is Cc1nc(C)c(-c2c(C(=O)O)nnn2C(C)C(N)=O)s1. The maximum Gasteiger partial charge on any atom is 0.358 e. The van der Waals surface area contributed by atoms with Crippen LogP contribution in [0.1, 0.15) is 34.2 Å². The van der Waals surface area contributed by atoms with Gasteiger partial charge in [0.05, 0.1) is 15.6 Å². The molecule has 0 saturated heterocycles. The summed E-state index contributed by atoms with van der Waals surface area (Å²) in [6, 6.07) is -0.799. The molecule has 0 spiro atoms. The van der Waals surface area contributed by atoms with Crippen molar-refractivity contribution in [3.05, 3.63) is 16.4 Å². The van der Waals surface area contributed by atoms with E-state index in [0.29, 0.717) is 10.6 Å². The first-order valence-corrected chi connectivity index (χ1v) is 6.56. The molecule has 2 aromatic heterocycles.